The summed E-state index contributed by atoms with van der Waals surface area (Å²) in [4.78, 5) is 23.8. The number of nitrogens with zero attached hydrogens (tertiary/aromatic N) is 4. The Balaban J connectivity index is 1.67. The van der Waals surface area contributed by atoms with Gasteiger partial charge in [-0.2, -0.15) is 0 Å². The Hall–Kier alpha value is -2.41. The predicted molar refractivity (Wildman–Crippen MR) is 109 cm³/mol. The summed E-state index contributed by atoms with van der Waals surface area (Å²) in [5, 5.41) is 5.45. The van der Waals surface area contributed by atoms with E-state index in [4.69, 9.17) is 4.98 Å². The number of thiazole rings is 1. The van der Waals surface area contributed by atoms with Crippen LogP contribution in [0.15, 0.2) is 35.3 Å². The molecule has 1 aliphatic heterocycles. The lowest BCUT2D eigenvalue weighted by atomic mass is 9.94. The summed E-state index contributed by atoms with van der Waals surface area (Å²) < 4.78 is 2.11. The number of fused-ring (bicyclic) bond motifs is 1. The van der Waals surface area contributed by atoms with Crippen molar-refractivity contribution >= 4 is 28.7 Å². The number of hydrogen-bond acceptors (Lipinski definition) is 5. The van der Waals surface area contributed by atoms with Crippen LogP contribution in [0.2, 0.25) is 0 Å². The Morgan fingerprint density at radius 1 is 1.33 bits per heavy atom. The molecule has 0 saturated carbocycles. The van der Waals surface area contributed by atoms with Crippen LogP contribution in [0.5, 0.6) is 0 Å². The van der Waals surface area contributed by atoms with E-state index in [1.807, 2.05) is 34.7 Å². The first-order chi connectivity index (χ1) is 12.9. The van der Waals surface area contributed by atoms with Gasteiger partial charge in [-0.15, -0.1) is 11.3 Å². The van der Waals surface area contributed by atoms with Gasteiger partial charge < -0.3 is 10.2 Å². The van der Waals surface area contributed by atoms with Gasteiger partial charge in [0.2, 0.25) is 0 Å². The van der Waals surface area contributed by atoms with Crippen LogP contribution in [0.1, 0.15) is 55.7 Å². The molecule has 4 rings (SSSR count). The molecule has 0 aromatic carbocycles. The lowest BCUT2D eigenvalue weighted by Gasteiger charge is -2.32. The molecule has 1 saturated heterocycles. The zero-order valence-corrected chi connectivity index (χ0v) is 16.8. The molecular weight excluding hydrogens is 358 g/mol. The van der Waals surface area contributed by atoms with Crippen molar-refractivity contribution in [1.82, 2.24) is 19.3 Å². The molecule has 1 atom stereocenters. The third kappa shape index (κ3) is 3.69. The lowest BCUT2D eigenvalue weighted by molar-refractivity contribution is 0.0701. The molecule has 4 heterocycles. The first-order valence-corrected chi connectivity index (χ1v) is 10.3. The highest BCUT2D eigenvalue weighted by Crippen LogP contribution is 2.34. The Morgan fingerprint density at radius 2 is 2.19 bits per heavy atom. The van der Waals surface area contributed by atoms with Gasteiger partial charge in [0.15, 0.2) is 0 Å². The van der Waals surface area contributed by atoms with E-state index in [2.05, 4.69) is 35.5 Å². The number of imidazole rings is 1. The quantitative estimate of drug-likeness (QED) is 0.742. The summed E-state index contributed by atoms with van der Waals surface area (Å²) in [6.45, 7) is 7.91. The molecule has 1 unspecified atom stereocenters. The third-order valence-corrected chi connectivity index (χ3v) is 5.38. The number of carbonyl (C=O) groups is 1. The van der Waals surface area contributed by atoms with Crippen LogP contribution in [-0.4, -0.2) is 43.8 Å². The molecule has 3 aromatic heterocycles. The number of anilines is 1. The van der Waals surface area contributed by atoms with Crippen molar-refractivity contribution < 1.29 is 4.79 Å². The number of carbonyl (C=O) groups excluding carboxylic acids is 1. The minimum Gasteiger partial charge on any atom is -0.365 e. The van der Waals surface area contributed by atoms with E-state index in [9.17, 15) is 4.79 Å². The van der Waals surface area contributed by atoms with E-state index in [1.54, 1.807) is 5.51 Å². The summed E-state index contributed by atoms with van der Waals surface area (Å²) in [5.41, 5.74) is 4.16. The summed E-state index contributed by atoms with van der Waals surface area (Å²) in [6, 6.07) is 6.05. The number of rotatable bonds is 3. The van der Waals surface area contributed by atoms with Crippen molar-refractivity contribution in [3.05, 3.63) is 46.7 Å². The largest absolute Gasteiger partial charge is 0.365 e. The highest BCUT2D eigenvalue weighted by Gasteiger charge is 2.31. The van der Waals surface area contributed by atoms with Crippen LogP contribution in [0.4, 0.5) is 5.82 Å². The number of piperidine rings is 1. The fourth-order valence-electron chi connectivity index (χ4n) is 3.64. The highest BCUT2D eigenvalue weighted by molar-refractivity contribution is 7.07. The van der Waals surface area contributed by atoms with Crippen molar-refractivity contribution in [1.29, 1.82) is 0 Å². The third-order valence-electron chi connectivity index (χ3n) is 4.80. The average Bonchev–Trinajstić information content (AvgIpc) is 3.29. The lowest BCUT2D eigenvalue weighted by Crippen LogP contribution is -2.39. The minimum absolute atomic E-state index is 0.0232. The molecule has 0 bridgehead atoms. The van der Waals surface area contributed by atoms with Gasteiger partial charge in [-0.1, -0.05) is 6.07 Å². The zero-order valence-electron chi connectivity index (χ0n) is 16.0. The molecule has 0 spiro atoms. The van der Waals surface area contributed by atoms with Gasteiger partial charge >= 0.3 is 0 Å². The Kier molecular flexibility index (Phi) is 4.63. The Bertz CT molecular complexity index is 941. The van der Waals surface area contributed by atoms with E-state index in [0.717, 1.165) is 36.5 Å². The second-order valence-electron chi connectivity index (χ2n) is 8.11. The molecule has 1 N–H and O–H groups in total. The van der Waals surface area contributed by atoms with Crippen LogP contribution < -0.4 is 5.32 Å². The molecular formula is C20H25N5OS. The SMILES string of the molecule is CC(C)(C)Nc1c(C2CCCN(C(=O)c3cscn3)C2)nc2ccccn12. The number of aromatic nitrogens is 3. The second-order valence-corrected chi connectivity index (χ2v) is 8.83. The molecule has 6 nitrogen and oxygen atoms in total. The predicted octanol–water partition coefficient (Wildman–Crippen LogP) is 4.02. The number of hydrogen-bond donors (Lipinski definition) is 1. The van der Waals surface area contributed by atoms with Gasteiger partial charge in [0.25, 0.3) is 5.91 Å². The van der Waals surface area contributed by atoms with E-state index in [-0.39, 0.29) is 17.4 Å². The second kappa shape index (κ2) is 6.96. The minimum atomic E-state index is -0.0781. The highest BCUT2D eigenvalue weighted by atomic mass is 32.1. The maximum atomic E-state index is 12.8. The molecule has 1 fully saturated rings. The average molecular weight is 384 g/mol. The van der Waals surface area contributed by atoms with Crippen molar-refractivity contribution in [2.45, 2.75) is 45.1 Å². The zero-order chi connectivity index (χ0) is 19.0. The van der Waals surface area contributed by atoms with Crippen molar-refractivity contribution in [3.63, 3.8) is 0 Å². The molecule has 0 aliphatic carbocycles. The summed E-state index contributed by atoms with van der Waals surface area (Å²) in [5.74, 6) is 1.27. The van der Waals surface area contributed by atoms with Crippen LogP contribution in [0.25, 0.3) is 5.65 Å². The maximum absolute atomic E-state index is 12.8. The number of pyridine rings is 1. The standard InChI is InChI=1S/C20H25N5OS/c1-20(2,3)23-18-17(22-16-8-4-5-10-25(16)18)14-7-6-9-24(11-14)19(26)15-12-27-13-21-15/h4-5,8,10,12-14,23H,6-7,9,11H2,1-3H3. The first kappa shape index (κ1) is 18.0. The fraction of sp³-hybridized carbons (Fsp3) is 0.450. The normalized spacial score (nSPS) is 18.0. The first-order valence-electron chi connectivity index (χ1n) is 9.35. The molecule has 142 valence electrons. The molecule has 27 heavy (non-hydrogen) atoms. The smallest absolute Gasteiger partial charge is 0.273 e. The Labute approximate surface area is 163 Å². The van der Waals surface area contributed by atoms with Gasteiger partial charge in [-0.25, -0.2) is 9.97 Å². The molecule has 7 heteroatoms. The summed E-state index contributed by atoms with van der Waals surface area (Å²) >= 11 is 1.46. The van der Waals surface area contributed by atoms with Crippen LogP contribution in [0, 0.1) is 0 Å². The molecule has 1 amide bonds. The van der Waals surface area contributed by atoms with Gasteiger partial charge in [-0.3, -0.25) is 9.20 Å². The van der Waals surface area contributed by atoms with Gasteiger partial charge in [-0.05, 0) is 45.7 Å². The maximum Gasteiger partial charge on any atom is 0.273 e. The van der Waals surface area contributed by atoms with E-state index in [0.29, 0.717) is 12.2 Å². The van der Waals surface area contributed by atoms with Crippen LogP contribution in [-0.2, 0) is 0 Å². The summed E-state index contributed by atoms with van der Waals surface area (Å²) in [6.07, 6.45) is 4.05. The molecule has 3 aromatic rings. The van der Waals surface area contributed by atoms with Crippen molar-refractivity contribution in [2.75, 3.05) is 18.4 Å². The van der Waals surface area contributed by atoms with E-state index >= 15 is 0 Å². The van der Waals surface area contributed by atoms with E-state index in [1.165, 1.54) is 11.3 Å². The number of nitrogens with one attached hydrogen (secondary N) is 1. The monoisotopic (exact) mass is 383 g/mol. The number of amides is 1. The van der Waals surface area contributed by atoms with E-state index < -0.39 is 0 Å². The van der Waals surface area contributed by atoms with Gasteiger partial charge in [0, 0.05) is 36.1 Å². The van der Waals surface area contributed by atoms with Crippen molar-refractivity contribution in [2.24, 2.45) is 0 Å². The van der Waals surface area contributed by atoms with Crippen LogP contribution >= 0.6 is 11.3 Å². The molecule has 1 aliphatic rings. The fourth-order valence-corrected chi connectivity index (χ4v) is 4.17. The van der Waals surface area contributed by atoms with Crippen LogP contribution in [0.3, 0.4) is 0 Å². The number of likely N-dealkylation sites (tertiary alicyclic amines) is 1. The Morgan fingerprint density at radius 3 is 2.93 bits per heavy atom. The van der Waals surface area contributed by atoms with Gasteiger partial charge in [0.1, 0.15) is 17.2 Å². The van der Waals surface area contributed by atoms with Gasteiger partial charge in [0.05, 0.1) is 11.2 Å². The molecule has 0 radical (unpaired) electrons. The summed E-state index contributed by atoms with van der Waals surface area (Å²) in [7, 11) is 0. The topological polar surface area (TPSA) is 62.5 Å². The van der Waals surface area contributed by atoms with Crippen molar-refractivity contribution in [3.8, 4) is 0 Å².